The summed E-state index contributed by atoms with van der Waals surface area (Å²) in [6.07, 6.45) is 2.10. The quantitative estimate of drug-likeness (QED) is 0.615. The molecular formula is C12H16BNO4. The van der Waals surface area contributed by atoms with Gasteiger partial charge < -0.3 is 20.1 Å². The van der Waals surface area contributed by atoms with E-state index in [1.165, 1.54) is 6.07 Å². The van der Waals surface area contributed by atoms with Crippen molar-refractivity contribution < 1.29 is 19.6 Å². The lowest BCUT2D eigenvalue weighted by atomic mass is 9.79. The molecule has 18 heavy (non-hydrogen) atoms. The zero-order valence-electron chi connectivity index (χ0n) is 10.0. The zero-order valence-corrected chi connectivity index (χ0v) is 10.0. The second-order valence-corrected chi connectivity index (χ2v) is 4.34. The molecule has 1 amide bonds. The van der Waals surface area contributed by atoms with Gasteiger partial charge >= 0.3 is 7.12 Å². The van der Waals surface area contributed by atoms with Crippen molar-refractivity contribution in [3.63, 3.8) is 0 Å². The van der Waals surface area contributed by atoms with Crippen molar-refractivity contribution in [3.05, 3.63) is 29.8 Å². The highest BCUT2D eigenvalue weighted by Crippen LogP contribution is 2.10. The van der Waals surface area contributed by atoms with Gasteiger partial charge in [0.1, 0.15) is 0 Å². The summed E-state index contributed by atoms with van der Waals surface area (Å²) >= 11 is 0. The summed E-state index contributed by atoms with van der Waals surface area (Å²) in [6.45, 7) is 1.25. The Balaban J connectivity index is 1.93. The molecule has 3 N–H and O–H groups in total. The van der Waals surface area contributed by atoms with Crippen LogP contribution in [0.5, 0.6) is 0 Å². The first kappa shape index (κ1) is 13.1. The summed E-state index contributed by atoms with van der Waals surface area (Å²) in [6, 6.07) is 6.28. The fourth-order valence-corrected chi connectivity index (χ4v) is 1.95. The molecule has 2 rings (SSSR count). The lowest BCUT2D eigenvalue weighted by molar-refractivity contribution is 0.0858. The van der Waals surface area contributed by atoms with Crippen LogP contribution in [0.1, 0.15) is 23.2 Å². The molecule has 1 saturated heterocycles. The standard InChI is InChI=1S/C12H16BNO4/c15-12(14-8-11-5-2-6-18-11)9-3-1-4-10(7-9)13(16)17/h1,3-4,7,11,16-17H,2,5-6,8H2,(H,14,15)/t11-/m0/s1. The number of nitrogens with one attached hydrogen (secondary N) is 1. The first-order valence-corrected chi connectivity index (χ1v) is 6.02. The van der Waals surface area contributed by atoms with E-state index in [0.717, 1.165) is 19.4 Å². The van der Waals surface area contributed by atoms with Crippen LogP contribution in [0.2, 0.25) is 0 Å². The highest BCUT2D eigenvalue weighted by atomic mass is 16.5. The molecule has 0 aliphatic carbocycles. The van der Waals surface area contributed by atoms with E-state index in [2.05, 4.69) is 5.32 Å². The monoisotopic (exact) mass is 249 g/mol. The molecule has 0 spiro atoms. The summed E-state index contributed by atoms with van der Waals surface area (Å²) < 4.78 is 5.41. The molecule has 1 aliphatic rings. The zero-order chi connectivity index (χ0) is 13.0. The molecule has 1 fully saturated rings. The highest BCUT2D eigenvalue weighted by Gasteiger charge is 2.17. The van der Waals surface area contributed by atoms with Crippen LogP contribution in [-0.2, 0) is 4.74 Å². The Hall–Kier alpha value is -1.37. The second kappa shape index (κ2) is 5.99. The maximum Gasteiger partial charge on any atom is 0.488 e. The van der Waals surface area contributed by atoms with E-state index in [4.69, 9.17) is 14.8 Å². The number of amides is 1. The number of benzene rings is 1. The molecule has 0 bridgehead atoms. The Kier molecular flexibility index (Phi) is 4.35. The minimum Gasteiger partial charge on any atom is -0.423 e. The molecule has 0 radical (unpaired) electrons. The molecule has 1 aliphatic heterocycles. The van der Waals surface area contributed by atoms with Crippen LogP contribution in [0.4, 0.5) is 0 Å². The van der Waals surface area contributed by atoms with Gasteiger partial charge in [-0.15, -0.1) is 0 Å². The predicted molar refractivity (Wildman–Crippen MR) is 67.6 cm³/mol. The molecular weight excluding hydrogens is 233 g/mol. The van der Waals surface area contributed by atoms with E-state index in [-0.39, 0.29) is 12.0 Å². The van der Waals surface area contributed by atoms with Crippen molar-refractivity contribution >= 4 is 18.5 Å². The van der Waals surface area contributed by atoms with E-state index in [1.807, 2.05) is 0 Å². The van der Waals surface area contributed by atoms with Crippen LogP contribution >= 0.6 is 0 Å². The van der Waals surface area contributed by atoms with Crippen LogP contribution in [0.15, 0.2) is 24.3 Å². The van der Waals surface area contributed by atoms with E-state index >= 15 is 0 Å². The van der Waals surface area contributed by atoms with Gasteiger partial charge in [-0.2, -0.15) is 0 Å². The van der Waals surface area contributed by atoms with E-state index in [1.54, 1.807) is 18.2 Å². The minimum atomic E-state index is -1.56. The lowest BCUT2D eigenvalue weighted by Crippen LogP contribution is -2.34. The Morgan fingerprint density at radius 1 is 1.50 bits per heavy atom. The van der Waals surface area contributed by atoms with Gasteiger partial charge in [-0.25, -0.2) is 0 Å². The van der Waals surface area contributed by atoms with Gasteiger partial charge in [0.25, 0.3) is 5.91 Å². The number of rotatable bonds is 4. The molecule has 0 saturated carbocycles. The summed E-state index contributed by atoms with van der Waals surface area (Å²) in [7, 11) is -1.56. The average molecular weight is 249 g/mol. The number of carbonyl (C=O) groups excluding carboxylic acids is 1. The predicted octanol–water partition coefficient (Wildman–Crippen LogP) is -0.725. The normalized spacial score (nSPS) is 18.7. The van der Waals surface area contributed by atoms with Gasteiger partial charge in [0.05, 0.1) is 6.10 Å². The molecule has 6 heteroatoms. The van der Waals surface area contributed by atoms with E-state index < -0.39 is 7.12 Å². The van der Waals surface area contributed by atoms with Crippen molar-refractivity contribution in [2.24, 2.45) is 0 Å². The molecule has 1 atom stereocenters. The SMILES string of the molecule is O=C(NC[C@@H]1CCCO1)c1cccc(B(O)O)c1. The van der Waals surface area contributed by atoms with Crippen molar-refractivity contribution in [2.75, 3.05) is 13.2 Å². The molecule has 5 nitrogen and oxygen atoms in total. The molecule has 1 aromatic rings. The number of hydrogen-bond donors (Lipinski definition) is 3. The van der Waals surface area contributed by atoms with Crippen molar-refractivity contribution in [3.8, 4) is 0 Å². The highest BCUT2D eigenvalue weighted by molar-refractivity contribution is 6.58. The number of hydrogen-bond acceptors (Lipinski definition) is 4. The van der Waals surface area contributed by atoms with Gasteiger partial charge in [-0.05, 0) is 30.4 Å². The third-order valence-electron chi connectivity index (χ3n) is 2.96. The third kappa shape index (κ3) is 3.32. The van der Waals surface area contributed by atoms with Crippen LogP contribution in [0.25, 0.3) is 0 Å². The summed E-state index contributed by atoms with van der Waals surface area (Å²) in [4.78, 5) is 11.8. The first-order chi connectivity index (χ1) is 8.66. The molecule has 1 heterocycles. The van der Waals surface area contributed by atoms with Gasteiger partial charge in [0.2, 0.25) is 0 Å². The average Bonchev–Trinajstić information content (AvgIpc) is 2.89. The van der Waals surface area contributed by atoms with Gasteiger partial charge in [0, 0.05) is 18.7 Å². The summed E-state index contributed by atoms with van der Waals surface area (Å²) in [5, 5.41) is 20.9. The number of ether oxygens (including phenoxy) is 1. The molecule has 0 aromatic heterocycles. The minimum absolute atomic E-state index is 0.0977. The second-order valence-electron chi connectivity index (χ2n) is 4.34. The summed E-state index contributed by atoms with van der Waals surface area (Å²) in [5.41, 5.74) is 0.721. The Morgan fingerprint density at radius 3 is 3.00 bits per heavy atom. The summed E-state index contributed by atoms with van der Waals surface area (Å²) in [5.74, 6) is -0.229. The fourth-order valence-electron chi connectivity index (χ4n) is 1.95. The maximum atomic E-state index is 11.8. The van der Waals surface area contributed by atoms with Crippen molar-refractivity contribution in [1.82, 2.24) is 5.32 Å². The van der Waals surface area contributed by atoms with Gasteiger partial charge in [-0.1, -0.05) is 12.1 Å². The van der Waals surface area contributed by atoms with Crippen molar-refractivity contribution in [1.29, 1.82) is 0 Å². The largest absolute Gasteiger partial charge is 0.488 e. The fraction of sp³-hybridized carbons (Fsp3) is 0.417. The van der Waals surface area contributed by atoms with E-state index in [9.17, 15) is 4.79 Å². The Morgan fingerprint density at radius 2 is 2.33 bits per heavy atom. The van der Waals surface area contributed by atoms with Crippen molar-refractivity contribution in [2.45, 2.75) is 18.9 Å². The van der Waals surface area contributed by atoms with Crippen LogP contribution < -0.4 is 10.8 Å². The Bertz CT molecular complexity index is 418. The van der Waals surface area contributed by atoms with Gasteiger partial charge in [0.15, 0.2) is 0 Å². The third-order valence-corrected chi connectivity index (χ3v) is 2.96. The van der Waals surface area contributed by atoms with Gasteiger partial charge in [-0.3, -0.25) is 4.79 Å². The van der Waals surface area contributed by atoms with E-state index in [0.29, 0.717) is 17.6 Å². The first-order valence-electron chi connectivity index (χ1n) is 6.02. The van der Waals surface area contributed by atoms with Crippen LogP contribution in [0.3, 0.4) is 0 Å². The molecule has 1 aromatic carbocycles. The number of carbonyl (C=O) groups is 1. The smallest absolute Gasteiger partial charge is 0.423 e. The lowest BCUT2D eigenvalue weighted by Gasteiger charge is -2.11. The van der Waals surface area contributed by atoms with Crippen LogP contribution in [0, 0.1) is 0 Å². The molecule has 0 unspecified atom stereocenters. The topological polar surface area (TPSA) is 78.8 Å². The van der Waals surface area contributed by atoms with Crippen LogP contribution in [-0.4, -0.2) is 42.3 Å². The maximum absolute atomic E-state index is 11.8. The molecule has 96 valence electrons. The Labute approximate surface area is 106 Å².